The van der Waals surface area contributed by atoms with E-state index < -0.39 is 32.7 Å². The second-order valence-corrected chi connectivity index (χ2v) is 8.81. The summed E-state index contributed by atoms with van der Waals surface area (Å²) >= 11 is 0. The second kappa shape index (κ2) is 9.52. The smallest absolute Gasteiger partial charge is 0.246 e. The first-order chi connectivity index (χ1) is 14.8. The second-order valence-electron chi connectivity index (χ2n) is 6.96. The summed E-state index contributed by atoms with van der Waals surface area (Å²) in [6.07, 6.45) is 0.866. The van der Waals surface area contributed by atoms with Gasteiger partial charge in [0.25, 0.3) is 0 Å². The van der Waals surface area contributed by atoms with E-state index in [1.807, 2.05) is 0 Å². The van der Waals surface area contributed by atoms with Gasteiger partial charge in [-0.2, -0.15) is 4.31 Å². The fourth-order valence-corrected chi connectivity index (χ4v) is 5.34. The molecule has 1 aliphatic rings. The number of hydrogen-bond acceptors (Lipinski definition) is 6. The van der Waals surface area contributed by atoms with E-state index >= 15 is 0 Å². The number of ether oxygens (including phenoxy) is 3. The van der Waals surface area contributed by atoms with Gasteiger partial charge in [0.1, 0.15) is 16.8 Å². The Hall–Kier alpha value is -2.85. The molecular weight excluding hydrogens is 427 g/mol. The summed E-state index contributed by atoms with van der Waals surface area (Å²) in [6.45, 7) is 0.276. The van der Waals surface area contributed by atoms with E-state index in [2.05, 4.69) is 5.32 Å². The maximum atomic E-state index is 14.1. The Labute approximate surface area is 181 Å². The highest BCUT2D eigenvalue weighted by atomic mass is 32.2. The molecule has 2 aromatic carbocycles. The highest BCUT2D eigenvalue weighted by Gasteiger charge is 2.40. The van der Waals surface area contributed by atoms with E-state index in [0.717, 1.165) is 10.4 Å². The standard InChI is InChI=1S/C21H25FN2O6S/c1-28-17-11-14(12-18(29-2)20(17)30-3)13-23-21(25)16-8-6-10-24(16)31(26,27)19-9-5-4-7-15(19)22/h4-5,7,9,11-12,16H,6,8,10,13H2,1-3H3,(H,23,25). The average molecular weight is 453 g/mol. The highest BCUT2D eigenvalue weighted by Crippen LogP contribution is 2.38. The molecule has 168 valence electrons. The van der Waals surface area contributed by atoms with Crippen LogP contribution in [0, 0.1) is 5.82 Å². The molecule has 1 atom stereocenters. The van der Waals surface area contributed by atoms with Crippen molar-refractivity contribution in [1.82, 2.24) is 9.62 Å². The molecule has 10 heteroatoms. The van der Waals surface area contributed by atoms with E-state index in [1.165, 1.54) is 39.5 Å². The Morgan fingerprint density at radius 1 is 1.13 bits per heavy atom. The first kappa shape index (κ1) is 22.8. The SMILES string of the molecule is COc1cc(CNC(=O)C2CCCN2S(=O)(=O)c2ccccc2F)cc(OC)c1OC. The molecule has 0 radical (unpaired) electrons. The van der Waals surface area contributed by atoms with Crippen molar-refractivity contribution in [3.8, 4) is 17.2 Å². The molecule has 1 aliphatic heterocycles. The van der Waals surface area contributed by atoms with Crippen molar-refractivity contribution in [2.75, 3.05) is 27.9 Å². The van der Waals surface area contributed by atoms with Gasteiger partial charge in [-0.1, -0.05) is 12.1 Å². The summed E-state index contributed by atoms with van der Waals surface area (Å²) < 4.78 is 56.9. The lowest BCUT2D eigenvalue weighted by atomic mass is 10.1. The molecule has 1 saturated heterocycles. The lowest BCUT2D eigenvalue weighted by Gasteiger charge is -2.23. The molecule has 3 rings (SSSR count). The molecule has 0 spiro atoms. The molecule has 1 N–H and O–H groups in total. The molecular formula is C21H25FN2O6S. The number of carbonyl (C=O) groups is 1. The molecule has 8 nitrogen and oxygen atoms in total. The van der Waals surface area contributed by atoms with Crippen molar-refractivity contribution in [3.05, 3.63) is 47.8 Å². The van der Waals surface area contributed by atoms with E-state index in [-0.39, 0.29) is 13.1 Å². The maximum Gasteiger partial charge on any atom is 0.246 e. The van der Waals surface area contributed by atoms with Crippen molar-refractivity contribution in [3.63, 3.8) is 0 Å². The van der Waals surface area contributed by atoms with Crippen molar-refractivity contribution in [1.29, 1.82) is 0 Å². The third kappa shape index (κ3) is 4.59. The van der Waals surface area contributed by atoms with Gasteiger partial charge in [-0.05, 0) is 42.7 Å². The average Bonchev–Trinajstić information content (AvgIpc) is 3.27. The molecule has 0 aromatic heterocycles. The molecule has 0 bridgehead atoms. The first-order valence-electron chi connectivity index (χ1n) is 9.66. The Morgan fingerprint density at radius 3 is 2.35 bits per heavy atom. The van der Waals surface area contributed by atoms with Crippen LogP contribution < -0.4 is 19.5 Å². The number of hydrogen-bond donors (Lipinski definition) is 1. The molecule has 2 aromatic rings. The van der Waals surface area contributed by atoms with Gasteiger partial charge in [-0.25, -0.2) is 12.8 Å². The van der Waals surface area contributed by atoms with Crippen LogP contribution in [0.15, 0.2) is 41.3 Å². The minimum atomic E-state index is -4.14. The minimum absolute atomic E-state index is 0.125. The number of nitrogens with zero attached hydrogens (tertiary/aromatic N) is 1. The van der Waals surface area contributed by atoms with Crippen LogP contribution in [0.25, 0.3) is 0 Å². The maximum absolute atomic E-state index is 14.1. The van der Waals surface area contributed by atoms with Crippen LogP contribution in [0.5, 0.6) is 17.2 Å². The van der Waals surface area contributed by atoms with Crippen LogP contribution in [-0.2, 0) is 21.4 Å². The Morgan fingerprint density at radius 2 is 1.77 bits per heavy atom. The van der Waals surface area contributed by atoms with Crippen molar-refractivity contribution >= 4 is 15.9 Å². The largest absolute Gasteiger partial charge is 0.493 e. The third-order valence-corrected chi connectivity index (χ3v) is 7.06. The van der Waals surface area contributed by atoms with Gasteiger partial charge < -0.3 is 19.5 Å². The zero-order chi connectivity index (χ0) is 22.6. The van der Waals surface area contributed by atoms with Crippen LogP contribution >= 0.6 is 0 Å². The van der Waals surface area contributed by atoms with Crippen LogP contribution in [0.4, 0.5) is 4.39 Å². The highest BCUT2D eigenvalue weighted by molar-refractivity contribution is 7.89. The minimum Gasteiger partial charge on any atom is -0.493 e. The van der Waals surface area contributed by atoms with Gasteiger partial charge >= 0.3 is 0 Å². The van der Waals surface area contributed by atoms with E-state index in [0.29, 0.717) is 35.7 Å². The summed E-state index contributed by atoms with van der Waals surface area (Å²) in [4.78, 5) is 12.4. The zero-order valence-electron chi connectivity index (χ0n) is 17.6. The van der Waals surface area contributed by atoms with E-state index in [9.17, 15) is 17.6 Å². The van der Waals surface area contributed by atoms with Gasteiger partial charge in [0, 0.05) is 13.1 Å². The van der Waals surface area contributed by atoms with Crippen LogP contribution in [-0.4, -0.2) is 52.5 Å². The van der Waals surface area contributed by atoms with Gasteiger partial charge in [0.05, 0.1) is 21.3 Å². The topological polar surface area (TPSA) is 94.2 Å². The van der Waals surface area contributed by atoms with E-state index in [1.54, 1.807) is 12.1 Å². The Balaban J connectivity index is 1.77. The summed E-state index contributed by atoms with van der Waals surface area (Å²) in [5, 5.41) is 2.76. The third-order valence-electron chi connectivity index (χ3n) is 5.12. The molecule has 0 saturated carbocycles. The van der Waals surface area contributed by atoms with Crippen LogP contribution in [0.3, 0.4) is 0 Å². The molecule has 1 unspecified atom stereocenters. The molecule has 1 amide bonds. The van der Waals surface area contributed by atoms with Crippen LogP contribution in [0.2, 0.25) is 0 Å². The number of rotatable bonds is 8. The van der Waals surface area contributed by atoms with Crippen molar-refractivity contribution in [2.45, 2.75) is 30.3 Å². The fourth-order valence-electron chi connectivity index (χ4n) is 3.61. The molecule has 1 heterocycles. The number of methoxy groups -OCH3 is 3. The monoisotopic (exact) mass is 452 g/mol. The van der Waals surface area contributed by atoms with Gasteiger partial charge in [-0.15, -0.1) is 0 Å². The first-order valence-corrected chi connectivity index (χ1v) is 11.1. The predicted molar refractivity (Wildman–Crippen MR) is 111 cm³/mol. The van der Waals surface area contributed by atoms with Crippen molar-refractivity contribution < 1.29 is 31.8 Å². The molecule has 31 heavy (non-hydrogen) atoms. The number of benzene rings is 2. The van der Waals surface area contributed by atoms with E-state index in [4.69, 9.17) is 14.2 Å². The van der Waals surface area contributed by atoms with Gasteiger partial charge in [-0.3, -0.25) is 4.79 Å². The predicted octanol–water partition coefficient (Wildman–Crippen LogP) is 2.32. The zero-order valence-corrected chi connectivity index (χ0v) is 18.4. The number of carbonyl (C=O) groups excluding carboxylic acids is 1. The lowest BCUT2D eigenvalue weighted by molar-refractivity contribution is -0.124. The van der Waals surface area contributed by atoms with Gasteiger partial charge in [0.2, 0.25) is 21.7 Å². The quantitative estimate of drug-likeness (QED) is 0.661. The Bertz CT molecular complexity index is 1030. The lowest BCUT2D eigenvalue weighted by Crippen LogP contribution is -2.45. The number of amides is 1. The number of sulfonamides is 1. The fraction of sp³-hybridized carbons (Fsp3) is 0.381. The summed E-state index contributed by atoms with van der Waals surface area (Å²) in [6, 6.07) is 7.64. The number of halogens is 1. The number of nitrogens with one attached hydrogen (secondary N) is 1. The Kier molecular flexibility index (Phi) is 7.01. The summed E-state index contributed by atoms with van der Waals surface area (Å²) in [7, 11) is 0.336. The summed E-state index contributed by atoms with van der Waals surface area (Å²) in [5.41, 5.74) is 0.685. The van der Waals surface area contributed by atoms with Crippen LogP contribution in [0.1, 0.15) is 18.4 Å². The molecule has 1 fully saturated rings. The van der Waals surface area contributed by atoms with Crippen molar-refractivity contribution in [2.24, 2.45) is 0 Å². The summed E-state index contributed by atoms with van der Waals surface area (Å²) in [5.74, 6) is 0.0154. The van der Waals surface area contributed by atoms with Gasteiger partial charge in [0.15, 0.2) is 11.5 Å². The molecule has 0 aliphatic carbocycles. The normalized spacial score (nSPS) is 16.7.